The Labute approximate surface area is 110 Å². The third-order valence-corrected chi connectivity index (χ3v) is 2.74. The van der Waals surface area contributed by atoms with Gasteiger partial charge in [0.05, 0.1) is 10.5 Å². The summed E-state index contributed by atoms with van der Waals surface area (Å²) in [5, 5.41) is 10.9. The van der Waals surface area contributed by atoms with E-state index in [4.69, 9.17) is 0 Å². The highest BCUT2D eigenvalue weighted by atomic mass is 16.6. The van der Waals surface area contributed by atoms with Crippen LogP contribution in [0.5, 0.6) is 0 Å². The van der Waals surface area contributed by atoms with E-state index in [9.17, 15) is 14.9 Å². The molecule has 0 aromatic heterocycles. The van der Waals surface area contributed by atoms with Gasteiger partial charge in [-0.05, 0) is 6.07 Å². The summed E-state index contributed by atoms with van der Waals surface area (Å²) in [5.41, 5.74) is 0.724. The lowest BCUT2D eigenvalue weighted by atomic mass is 9.97. The molecule has 0 amide bonds. The van der Waals surface area contributed by atoms with Gasteiger partial charge in [-0.3, -0.25) is 14.9 Å². The summed E-state index contributed by atoms with van der Waals surface area (Å²) in [4.78, 5) is 22.6. The lowest BCUT2D eigenvalue weighted by Crippen LogP contribution is -2.04. The van der Waals surface area contributed by atoms with Crippen molar-refractivity contribution in [2.75, 3.05) is 0 Å². The van der Waals surface area contributed by atoms with Crippen LogP contribution in [-0.4, -0.2) is 10.7 Å². The van der Waals surface area contributed by atoms with E-state index in [1.165, 1.54) is 12.1 Å². The van der Waals surface area contributed by atoms with Crippen LogP contribution in [0.25, 0.3) is 5.57 Å². The third kappa shape index (κ3) is 2.57. The number of nitro benzene ring substituents is 1. The smallest absolute Gasteiger partial charge is 0.277 e. The molecule has 0 bridgehead atoms. The first-order valence-electron chi connectivity index (χ1n) is 5.63. The molecule has 2 aromatic rings. The van der Waals surface area contributed by atoms with E-state index in [-0.39, 0.29) is 22.6 Å². The Morgan fingerprint density at radius 3 is 2.21 bits per heavy atom. The van der Waals surface area contributed by atoms with Crippen LogP contribution in [0.4, 0.5) is 5.69 Å². The first kappa shape index (κ1) is 12.7. The SMILES string of the molecule is C=C(C(=O)c1ccccc1)c1ccccc1[N+](=O)[O-]. The number of carbonyl (C=O) groups is 1. The van der Waals surface area contributed by atoms with E-state index < -0.39 is 4.92 Å². The van der Waals surface area contributed by atoms with E-state index >= 15 is 0 Å². The molecule has 2 rings (SSSR count). The standard InChI is InChI=1S/C15H11NO3/c1-11(15(17)12-7-3-2-4-8-12)13-9-5-6-10-14(13)16(18)19/h2-10H,1H2. The number of para-hydroxylation sites is 1. The quantitative estimate of drug-likeness (QED) is 0.362. The van der Waals surface area contributed by atoms with Crippen molar-refractivity contribution in [3.8, 4) is 0 Å². The van der Waals surface area contributed by atoms with Crippen molar-refractivity contribution in [1.82, 2.24) is 0 Å². The number of rotatable bonds is 4. The van der Waals surface area contributed by atoms with Gasteiger partial charge in [0.25, 0.3) is 5.69 Å². The molecule has 19 heavy (non-hydrogen) atoms. The minimum atomic E-state index is -0.515. The Morgan fingerprint density at radius 2 is 1.58 bits per heavy atom. The predicted molar refractivity (Wildman–Crippen MR) is 72.9 cm³/mol. The molecule has 0 atom stereocenters. The summed E-state index contributed by atoms with van der Waals surface area (Å²) in [5.74, 6) is -0.310. The normalized spacial score (nSPS) is 9.89. The van der Waals surface area contributed by atoms with Gasteiger partial charge in [-0.25, -0.2) is 0 Å². The lowest BCUT2D eigenvalue weighted by Gasteiger charge is -2.05. The van der Waals surface area contributed by atoms with E-state index in [2.05, 4.69) is 6.58 Å². The van der Waals surface area contributed by atoms with Gasteiger partial charge >= 0.3 is 0 Å². The minimum Gasteiger partial charge on any atom is -0.289 e. The Hall–Kier alpha value is -2.75. The number of ketones is 1. The minimum absolute atomic E-state index is 0.114. The molecule has 94 valence electrons. The number of nitro groups is 1. The van der Waals surface area contributed by atoms with Crippen molar-refractivity contribution in [2.45, 2.75) is 0 Å². The van der Waals surface area contributed by atoms with Gasteiger partial charge in [-0.2, -0.15) is 0 Å². The van der Waals surface area contributed by atoms with Crippen LogP contribution in [0.1, 0.15) is 15.9 Å². The number of hydrogen-bond acceptors (Lipinski definition) is 3. The Kier molecular flexibility index (Phi) is 3.52. The molecule has 0 saturated carbocycles. The fourth-order valence-corrected chi connectivity index (χ4v) is 1.77. The zero-order valence-electron chi connectivity index (χ0n) is 10.1. The first-order chi connectivity index (χ1) is 9.11. The topological polar surface area (TPSA) is 60.2 Å². The zero-order chi connectivity index (χ0) is 13.8. The monoisotopic (exact) mass is 253 g/mol. The average molecular weight is 253 g/mol. The maximum Gasteiger partial charge on any atom is 0.277 e. The Morgan fingerprint density at radius 1 is 1.00 bits per heavy atom. The maximum atomic E-state index is 12.2. The Bertz CT molecular complexity index is 647. The molecule has 0 unspecified atom stereocenters. The number of benzene rings is 2. The van der Waals surface area contributed by atoms with Crippen molar-refractivity contribution < 1.29 is 9.72 Å². The van der Waals surface area contributed by atoms with Gasteiger partial charge < -0.3 is 0 Å². The molecule has 0 heterocycles. The molecule has 0 fully saturated rings. The van der Waals surface area contributed by atoms with Crippen molar-refractivity contribution in [1.29, 1.82) is 0 Å². The molecule has 0 aliphatic rings. The van der Waals surface area contributed by atoms with Gasteiger partial charge in [0.15, 0.2) is 5.78 Å². The second-order valence-corrected chi connectivity index (χ2v) is 3.95. The molecule has 0 aliphatic carbocycles. The van der Waals surface area contributed by atoms with Crippen LogP contribution in [0.15, 0.2) is 61.2 Å². The van der Waals surface area contributed by atoms with Crippen molar-refractivity contribution in [3.63, 3.8) is 0 Å². The molecule has 0 saturated heterocycles. The number of allylic oxidation sites excluding steroid dienone is 1. The molecule has 0 N–H and O–H groups in total. The number of carbonyl (C=O) groups excluding carboxylic acids is 1. The summed E-state index contributed by atoms with van der Waals surface area (Å²) < 4.78 is 0. The van der Waals surface area contributed by atoms with E-state index in [1.807, 2.05) is 0 Å². The van der Waals surface area contributed by atoms with E-state index in [0.29, 0.717) is 5.56 Å². The van der Waals surface area contributed by atoms with Crippen molar-refractivity contribution in [2.24, 2.45) is 0 Å². The van der Waals surface area contributed by atoms with Crippen LogP contribution in [0.3, 0.4) is 0 Å². The van der Waals surface area contributed by atoms with Crippen molar-refractivity contribution in [3.05, 3.63) is 82.4 Å². The fourth-order valence-electron chi connectivity index (χ4n) is 1.77. The summed E-state index contributed by atoms with van der Waals surface area (Å²) in [7, 11) is 0. The van der Waals surface area contributed by atoms with Crippen molar-refractivity contribution >= 4 is 17.0 Å². The van der Waals surface area contributed by atoms with Crippen LogP contribution in [0.2, 0.25) is 0 Å². The van der Waals surface area contributed by atoms with Crippen LogP contribution >= 0.6 is 0 Å². The second kappa shape index (κ2) is 5.27. The average Bonchev–Trinajstić information content (AvgIpc) is 2.46. The highest BCUT2D eigenvalue weighted by Crippen LogP contribution is 2.26. The molecule has 0 radical (unpaired) electrons. The summed E-state index contributed by atoms with van der Waals surface area (Å²) in [6.45, 7) is 3.69. The molecule has 0 aliphatic heterocycles. The molecule has 4 nitrogen and oxygen atoms in total. The van der Waals surface area contributed by atoms with Crippen LogP contribution < -0.4 is 0 Å². The molecular weight excluding hydrogens is 242 g/mol. The second-order valence-electron chi connectivity index (χ2n) is 3.95. The Balaban J connectivity index is 2.41. The van der Waals surface area contributed by atoms with Gasteiger partial charge in [-0.1, -0.05) is 49.0 Å². The summed E-state index contributed by atoms with van der Waals surface area (Å²) in [6, 6.07) is 14.7. The lowest BCUT2D eigenvalue weighted by molar-refractivity contribution is -0.385. The first-order valence-corrected chi connectivity index (χ1v) is 5.63. The molecule has 2 aromatic carbocycles. The summed E-state index contributed by atoms with van der Waals surface area (Å²) in [6.07, 6.45) is 0. The third-order valence-electron chi connectivity index (χ3n) is 2.74. The number of hydrogen-bond donors (Lipinski definition) is 0. The number of nitrogens with zero attached hydrogens (tertiary/aromatic N) is 1. The predicted octanol–water partition coefficient (Wildman–Crippen LogP) is 3.49. The highest BCUT2D eigenvalue weighted by Gasteiger charge is 2.20. The zero-order valence-corrected chi connectivity index (χ0v) is 10.1. The maximum absolute atomic E-state index is 12.2. The van der Waals surface area contributed by atoms with Crippen LogP contribution in [-0.2, 0) is 0 Å². The molecule has 0 spiro atoms. The van der Waals surface area contributed by atoms with E-state index in [1.54, 1.807) is 42.5 Å². The molecule has 4 heteroatoms. The van der Waals surface area contributed by atoms with Gasteiger partial charge in [-0.15, -0.1) is 0 Å². The largest absolute Gasteiger partial charge is 0.289 e. The molecular formula is C15H11NO3. The highest BCUT2D eigenvalue weighted by molar-refractivity contribution is 6.29. The number of Topliss-reactive ketones (excluding diaryl/α,β-unsaturated/α-hetero) is 1. The van der Waals surface area contributed by atoms with Crippen LogP contribution in [0, 0.1) is 10.1 Å². The fraction of sp³-hybridized carbons (Fsp3) is 0. The van der Waals surface area contributed by atoms with Gasteiger partial charge in [0.1, 0.15) is 0 Å². The van der Waals surface area contributed by atoms with Gasteiger partial charge in [0, 0.05) is 17.2 Å². The summed E-state index contributed by atoms with van der Waals surface area (Å²) >= 11 is 0. The van der Waals surface area contributed by atoms with Gasteiger partial charge in [0.2, 0.25) is 0 Å². The van der Waals surface area contributed by atoms with E-state index in [0.717, 1.165) is 0 Å².